The van der Waals surface area contributed by atoms with E-state index < -0.39 is 5.97 Å². The highest BCUT2D eigenvalue weighted by molar-refractivity contribution is 5.86. The minimum atomic E-state index is -0.465. The van der Waals surface area contributed by atoms with Crippen LogP contribution in [-0.4, -0.2) is 19.9 Å². The van der Waals surface area contributed by atoms with E-state index in [1.807, 2.05) is 12.1 Å². The Labute approximate surface area is 133 Å². The average molecular weight is 315 g/mol. The van der Waals surface area contributed by atoms with Gasteiger partial charge in [0.25, 0.3) is 0 Å². The number of furan rings is 1. The molecule has 2 heterocycles. The lowest BCUT2D eigenvalue weighted by Gasteiger charge is -2.17. The van der Waals surface area contributed by atoms with Crippen molar-refractivity contribution in [2.45, 2.75) is 24.9 Å². The van der Waals surface area contributed by atoms with Crippen LogP contribution in [0.5, 0.6) is 11.5 Å². The molecule has 0 unspecified atom stereocenters. The SMILES string of the molecule is COC(=O)c1ccc(CNC2(c3ccc4c(c3)OCO4)CC2)o1. The van der Waals surface area contributed by atoms with Crippen molar-refractivity contribution in [3.63, 3.8) is 0 Å². The quantitative estimate of drug-likeness (QED) is 0.855. The number of ether oxygens (including phenoxy) is 3. The fourth-order valence-electron chi connectivity index (χ4n) is 2.83. The van der Waals surface area contributed by atoms with Crippen molar-refractivity contribution < 1.29 is 23.4 Å². The molecule has 1 fully saturated rings. The van der Waals surface area contributed by atoms with Crippen LogP contribution in [0, 0.1) is 0 Å². The number of fused-ring (bicyclic) bond motifs is 1. The van der Waals surface area contributed by atoms with Gasteiger partial charge in [0.05, 0.1) is 13.7 Å². The summed E-state index contributed by atoms with van der Waals surface area (Å²) in [5, 5.41) is 3.52. The largest absolute Gasteiger partial charge is 0.463 e. The van der Waals surface area contributed by atoms with Crippen LogP contribution in [0.1, 0.15) is 34.7 Å². The van der Waals surface area contributed by atoms with Crippen molar-refractivity contribution in [2.24, 2.45) is 0 Å². The van der Waals surface area contributed by atoms with E-state index in [1.54, 1.807) is 12.1 Å². The normalized spacial score (nSPS) is 17.1. The Kier molecular flexibility index (Phi) is 3.27. The Morgan fingerprint density at radius 1 is 1.22 bits per heavy atom. The molecule has 23 heavy (non-hydrogen) atoms. The summed E-state index contributed by atoms with van der Waals surface area (Å²) in [6.07, 6.45) is 2.11. The van der Waals surface area contributed by atoms with Gasteiger partial charge in [0, 0.05) is 5.54 Å². The smallest absolute Gasteiger partial charge is 0.373 e. The third-order valence-corrected chi connectivity index (χ3v) is 4.32. The molecular formula is C17H17NO5. The first-order valence-corrected chi connectivity index (χ1v) is 7.52. The fraction of sp³-hybridized carbons (Fsp3) is 0.353. The maximum absolute atomic E-state index is 11.4. The predicted octanol–water partition coefficient (Wildman–Crippen LogP) is 2.57. The van der Waals surface area contributed by atoms with Crippen molar-refractivity contribution in [1.82, 2.24) is 5.32 Å². The summed E-state index contributed by atoms with van der Waals surface area (Å²) in [5.41, 5.74) is 1.13. The first kappa shape index (κ1) is 14.1. The maximum atomic E-state index is 11.4. The summed E-state index contributed by atoms with van der Waals surface area (Å²) in [6, 6.07) is 9.46. The van der Waals surface area contributed by atoms with Crippen LogP contribution < -0.4 is 14.8 Å². The minimum absolute atomic E-state index is 0.0564. The number of rotatable bonds is 5. The van der Waals surface area contributed by atoms with Crippen LogP contribution in [0.15, 0.2) is 34.7 Å². The van der Waals surface area contributed by atoms with Gasteiger partial charge in [0.1, 0.15) is 5.76 Å². The standard InChI is InChI=1S/C17H17NO5/c1-20-16(19)14-5-3-12(23-14)9-18-17(6-7-17)11-2-4-13-15(8-11)22-10-21-13/h2-5,8,18H,6-7,9-10H2,1H3. The van der Waals surface area contributed by atoms with Gasteiger partial charge in [-0.1, -0.05) is 6.07 Å². The molecule has 1 aromatic carbocycles. The minimum Gasteiger partial charge on any atom is -0.463 e. The lowest BCUT2D eigenvalue weighted by molar-refractivity contribution is 0.0562. The monoisotopic (exact) mass is 315 g/mol. The van der Waals surface area contributed by atoms with E-state index in [1.165, 1.54) is 12.7 Å². The molecule has 1 aliphatic heterocycles. The van der Waals surface area contributed by atoms with E-state index in [0.29, 0.717) is 12.3 Å². The predicted molar refractivity (Wildman–Crippen MR) is 80.4 cm³/mol. The molecule has 120 valence electrons. The summed E-state index contributed by atoms with van der Waals surface area (Å²) in [6.45, 7) is 0.827. The van der Waals surface area contributed by atoms with Crippen LogP contribution >= 0.6 is 0 Å². The van der Waals surface area contributed by atoms with Crippen molar-refractivity contribution >= 4 is 5.97 Å². The summed E-state index contributed by atoms with van der Waals surface area (Å²) in [5.74, 6) is 2.04. The number of carbonyl (C=O) groups excluding carboxylic acids is 1. The van der Waals surface area contributed by atoms with E-state index in [0.717, 1.165) is 24.3 Å². The van der Waals surface area contributed by atoms with Gasteiger partial charge < -0.3 is 23.9 Å². The second kappa shape index (κ2) is 5.31. The Bertz CT molecular complexity index is 747. The Balaban J connectivity index is 1.46. The zero-order chi connectivity index (χ0) is 15.9. The van der Waals surface area contributed by atoms with Gasteiger partial charge in [0.15, 0.2) is 11.5 Å². The molecule has 4 rings (SSSR count). The zero-order valence-electron chi connectivity index (χ0n) is 12.8. The molecular weight excluding hydrogens is 298 g/mol. The first-order valence-electron chi connectivity index (χ1n) is 7.52. The van der Waals surface area contributed by atoms with Gasteiger partial charge >= 0.3 is 5.97 Å². The van der Waals surface area contributed by atoms with Crippen LogP contribution in [0.2, 0.25) is 0 Å². The van der Waals surface area contributed by atoms with E-state index in [9.17, 15) is 4.79 Å². The average Bonchev–Trinajstić information content (AvgIpc) is 3.00. The molecule has 1 saturated carbocycles. The van der Waals surface area contributed by atoms with Gasteiger partial charge in [-0.05, 0) is 42.7 Å². The number of hydrogen-bond donors (Lipinski definition) is 1. The van der Waals surface area contributed by atoms with Gasteiger partial charge in [-0.25, -0.2) is 4.79 Å². The van der Waals surface area contributed by atoms with Crippen LogP contribution in [0.25, 0.3) is 0 Å². The van der Waals surface area contributed by atoms with Crippen molar-refractivity contribution in [3.8, 4) is 11.5 Å². The summed E-state index contributed by atoms with van der Waals surface area (Å²) in [7, 11) is 1.33. The van der Waals surface area contributed by atoms with E-state index >= 15 is 0 Å². The van der Waals surface area contributed by atoms with E-state index in [4.69, 9.17) is 13.9 Å². The second-order valence-corrected chi connectivity index (χ2v) is 5.76. The molecule has 0 spiro atoms. The Morgan fingerprint density at radius 3 is 2.83 bits per heavy atom. The van der Waals surface area contributed by atoms with Gasteiger partial charge in [-0.15, -0.1) is 0 Å². The summed E-state index contributed by atoms with van der Waals surface area (Å²) in [4.78, 5) is 11.4. The van der Waals surface area contributed by atoms with Gasteiger partial charge in [-0.3, -0.25) is 0 Å². The van der Waals surface area contributed by atoms with Crippen molar-refractivity contribution in [1.29, 1.82) is 0 Å². The maximum Gasteiger partial charge on any atom is 0.373 e. The molecule has 1 aromatic heterocycles. The number of methoxy groups -OCH3 is 1. The molecule has 0 radical (unpaired) electrons. The molecule has 2 aromatic rings. The van der Waals surface area contributed by atoms with Crippen molar-refractivity contribution in [3.05, 3.63) is 47.4 Å². The number of hydrogen-bond acceptors (Lipinski definition) is 6. The highest BCUT2D eigenvalue weighted by Crippen LogP contribution is 2.48. The molecule has 6 nitrogen and oxygen atoms in total. The number of benzene rings is 1. The molecule has 0 bridgehead atoms. The summed E-state index contributed by atoms with van der Waals surface area (Å²) >= 11 is 0. The third kappa shape index (κ3) is 2.55. The third-order valence-electron chi connectivity index (χ3n) is 4.32. The molecule has 0 amide bonds. The van der Waals surface area contributed by atoms with Gasteiger partial charge in [0.2, 0.25) is 12.6 Å². The van der Waals surface area contributed by atoms with Crippen LogP contribution in [0.3, 0.4) is 0 Å². The topological polar surface area (TPSA) is 69.9 Å². The first-order chi connectivity index (χ1) is 11.2. The van der Waals surface area contributed by atoms with Crippen molar-refractivity contribution in [2.75, 3.05) is 13.9 Å². The fourth-order valence-corrected chi connectivity index (χ4v) is 2.83. The highest BCUT2D eigenvalue weighted by Gasteiger charge is 2.44. The molecule has 0 saturated heterocycles. The summed E-state index contributed by atoms with van der Waals surface area (Å²) < 4.78 is 20.9. The van der Waals surface area contributed by atoms with Crippen LogP contribution in [0.4, 0.5) is 0 Å². The van der Waals surface area contributed by atoms with E-state index in [2.05, 4.69) is 16.1 Å². The molecule has 1 aliphatic carbocycles. The number of nitrogens with one attached hydrogen (secondary N) is 1. The second-order valence-electron chi connectivity index (χ2n) is 5.76. The highest BCUT2D eigenvalue weighted by atomic mass is 16.7. The van der Waals surface area contributed by atoms with Gasteiger partial charge in [-0.2, -0.15) is 0 Å². The molecule has 1 N–H and O–H groups in total. The van der Waals surface area contributed by atoms with E-state index in [-0.39, 0.29) is 18.1 Å². The van der Waals surface area contributed by atoms with Crippen LogP contribution in [-0.2, 0) is 16.8 Å². The Hall–Kier alpha value is -2.47. The molecule has 6 heteroatoms. The Morgan fingerprint density at radius 2 is 2.04 bits per heavy atom. The lowest BCUT2D eigenvalue weighted by atomic mass is 10.0. The lowest BCUT2D eigenvalue weighted by Crippen LogP contribution is -2.28. The molecule has 2 aliphatic rings. The molecule has 0 atom stereocenters. The zero-order valence-corrected chi connectivity index (χ0v) is 12.8. The number of carbonyl (C=O) groups is 1. The number of esters is 1.